The number of benzene rings is 1. The lowest BCUT2D eigenvalue weighted by molar-refractivity contribution is -0.137. The van der Waals surface area contributed by atoms with Crippen LogP contribution >= 0.6 is 23.5 Å². The summed E-state index contributed by atoms with van der Waals surface area (Å²) in [6.45, 7) is 0. The molecule has 112 valence electrons. The molecule has 0 saturated heterocycles. The van der Waals surface area contributed by atoms with Crippen LogP contribution in [0.15, 0.2) is 52.5 Å². The number of thioether (sulfide) groups is 2. The predicted octanol–water partition coefficient (Wildman–Crippen LogP) is 4.57. The molecule has 0 spiro atoms. The first-order valence-electron chi connectivity index (χ1n) is 6.10. The van der Waals surface area contributed by atoms with E-state index >= 15 is 0 Å². The lowest BCUT2D eigenvalue weighted by atomic mass is 10.2. The lowest BCUT2D eigenvalue weighted by Crippen LogP contribution is -2.04. The standard InChI is InChI=1S/C14H13F3N2S2/c15-14(16,17)10-3-1-4-11(9-10)20-7-8-21-13-12(18)5-2-6-19-13/h1-6,9H,7-8,18H2. The van der Waals surface area contributed by atoms with Gasteiger partial charge in [-0.05, 0) is 30.3 Å². The Morgan fingerprint density at radius 3 is 2.52 bits per heavy atom. The maximum atomic E-state index is 12.6. The molecule has 2 rings (SSSR count). The summed E-state index contributed by atoms with van der Waals surface area (Å²) in [4.78, 5) is 4.76. The molecule has 0 radical (unpaired) electrons. The van der Waals surface area contributed by atoms with Crippen molar-refractivity contribution < 1.29 is 13.2 Å². The molecule has 0 amide bonds. The van der Waals surface area contributed by atoms with E-state index in [1.165, 1.54) is 35.7 Å². The second-order valence-corrected chi connectivity index (χ2v) is 6.37. The topological polar surface area (TPSA) is 38.9 Å². The fourth-order valence-electron chi connectivity index (χ4n) is 1.58. The normalized spacial score (nSPS) is 11.6. The summed E-state index contributed by atoms with van der Waals surface area (Å²) in [7, 11) is 0. The summed E-state index contributed by atoms with van der Waals surface area (Å²) in [5.74, 6) is 1.41. The number of nitrogens with zero attached hydrogens (tertiary/aromatic N) is 1. The highest BCUT2D eigenvalue weighted by Gasteiger charge is 2.30. The predicted molar refractivity (Wildman–Crippen MR) is 81.5 cm³/mol. The molecule has 2 aromatic rings. The Labute approximate surface area is 129 Å². The van der Waals surface area contributed by atoms with Crippen LogP contribution in [0.4, 0.5) is 18.9 Å². The number of nitrogen functional groups attached to an aromatic ring is 1. The number of alkyl halides is 3. The molecule has 2 N–H and O–H groups in total. The Morgan fingerprint density at radius 2 is 1.81 bits per heavy atom. The second kappa shape index (κ2) is 7.09. The minimum atomic E-state index is -4.30. The molecule has 1 heterocycles. The van der Waals surface area contributed by atoms with Gasteiger partial charge < -0.3 is 5.73 Å². The van der Waals surface area contributed by atoms with E-state index in [0.717, 1.165) is 16.8 Å². The fourth-order valence-corrected chi connectivity index (χ4v) is 3.43. The van der Waals surface area contributed by atoms with Crippen molar-refractivity contribution in [2.75, 3.05) is 17.2 Å². The van der Waals surface area contributed by atoms with Crippen molar-refractivity contribution in [3.05, 3.63) is 48.2 Å². The van der Waals surface area contributed by atoms with Crippen molar-refractivity contribution in [1.29, 1.82) is 0 Å². The van der Waals surface area contributed by atoms with Gasteiger partial charge in [0.25, 0.3) is 0 Å². The van der Waals surface area contributed by atoms with Gasteiger partial charge in [-0.25, -0.2) is 4.98 Å². The highest BCUT2D eigenvalue weighted by Crippen LogP contribution is 2.32. The number of nitrogens with two attached hydrogens (primary N) is 1. The summed E-state index contributed by atoms with van der Waals surface area (Å²) in [6, 6.07) is 8.89. The number of aromatic nitrogens is 1. The van der Waals surface area contributed by atoms with Crippen LogP contribution in [0, 0.1) is 0 Å². The van der Waals surface area contributed by atoms with E-state index in [1.807, 2.05) is 0 Å². The molecule has 0 unspecified atom stereocenters. The van der Waals surface area contributed by atoms with Gasteiger partial charge in [0.05, 0.1) is 11.3 Å². The van der Waals surface area contributed by atoms with Crippen LogP contribution in [-0.4, -0.2) is 16.5 Å². The minimum Gasteiger partial charge on any atom is -0.397 e. The largest absolute Gasteiger partial charge is 0.416 e. The monoisotopic (exact) mass is 330 g/mol. The van der Waals surface area contributed by atoms with Crippen molar-refractivity contribution >= 4 is 29.2 Å². The molecular formula is C14H13F3N2S2. The van der Waals surface area contributed by atoms with Crippen molar-refractivity contribution in [2.24, 2.45) is 0 Å². The first-order chi connectivity index (χ1) is 9.97. The Hall–Kier alpha value is -1.34. The van der Waals surface area contributed by atoms with Crippen LogP contribution in [0.5, 0.6) is 0 Å². The zero-order chi connectivity index (χ0) is 15.3. The summed E-state index contributed by atoms with van der Waals surface area (Å²) in [6.07, 6.45) is -2.63. The van der Waals surface area contributed by atoms with Gasteiger partial charge >= 0.3 is 6.18 Å². The van der Waals surface area contributed by atoms with E-state index in [2.05, 4.69) is 4.98 Å². The molecule has 0 aliphatic heterocycles. The van der Waals surface area contributed by atoms with Gasteiger partial charge in [-0.2, -0.15) is 13.2 Å². The zero-order valence-electron chi connectivity index (χ0n) is 10.9. The Morgan fingerprint density at radius 1 is 1.05 bits per heavy atom. The van der Waals surface area contributed by atoms with Crippen molar-refractivity contribution in [3.63, 3.8) is 0 Å². The van der Waals surface area contributed by atoms with Crippen LogP contribution in [0.3, 0.4) is 0 Å². The van der Waals surface area contributed by atoms with Crippen molar-refractivity contribution in [1.82, 2.24) is 4.98 Å². The second-order valence-electron chi connectivity index (χ2n) is 4.12. The Bertz CT molecular complexity index is 603. The van der Waals surface area contributed by atoms with E-state index in [0.29, 0.717) is 16.3 Å². The highest BCUT2D eigenvalue weighted by atomic mass is 32.2. The third-order valence-corrected chi connectivity index (χ3v) is 4.83. The molecule has 21 heavy (non-hydrogen) atoms. The SMILES string of the molecule is Nc1cccnc1SCCSc1cccc(C(F)(F)F)c1. The van der Waals surface area contributed by atoms with Gasteiger partial charge in [0, 0.05) is 22.6 Å². The molecule has 0 aliphatic carbocycles. The molecule has 0 atom stereocenters. The van der Waals surface area contributed by atoms with Crippen molar-refractivity contribution in [3.8, 4) is 0 Å². The number of anilines is 1. The summed E-state index contributed by atoms with van der Waals surface area (Å²) < 4.78 is 37.8. The van der Waals surface area contributed by atoms with Crippen LogP contribution in [0.25, 0.3) is 0 Å². The number of hydrogen-bond acceptors (Lipinski definition) is 4. The first-order valence-corrected chi connectivity index (χ1v) is 8.07. The molecule has 0 fully saturated rings. The highest BCUT2D eigenvalue weighted by molar-refractivity contribution is 8.03. The molecule has 0 bridgehead atoms. The van der Waals surface area contributed by atoms with Crippen LogP contribution in [0.1, 0.15) is 5.56 Å². The first kappa shape index (κ1) is 16.0. The quantitative estimate of drug-likeness (QED) is 0.644. The molecule has 1 aromatic heterocycles. The number of halogens is 3. The van der Waals surface area contributed by atoms with E-state index in [-0.39, 0.29) is 0 Å². The van der Waals surface area contributed by atoms with Gasteiger partial charge in [0.15, 0.2) is 0 Å². The summed E-state index contributed by atoms with van der Waals surface area (Å²) in [5.41, 5.74) is 5.77. The van der Waals surface area contributed by atoms with E-state index in [9.17, 15) is 13.2 Å². The smallest absolute Gasteiger partial charge is 0.397 e. The maximum Gasteiger partial charge on any atom is 0.416 e. The summed E-state index contributed by atoms with van der Waals surface area (Å²) in [5, 5.41) is 0.752. The molecule has 7 heteroatoms. The maximum absolute atomic E-state index is 12.6. The number of pyridine rings is 1. The van der Waals surface area contributed by atoms with Gasteiger partial charge in [-0.15, -0.1) is 23.5 Å². The molecule has 0 aliphatic rings. The minimum absolute atomic E-state index is 0.611. The van der Waals surface area contributed by atoms with E-state index in [1.54, 1.807) is 24.4 Å². The molecular weight excluding hydrogens is 317 g/mol. The van der Waals surface area contributed by atoms with Crippen LogP contribution in [-0.2, 0) is 6.18 Å². The Balaban J connectivity index is 1.85. The lowest BCUT2D eigenvalue weighted by Gasteiger charge is -2.08. The summed E-state index contributed by atoms with van der Waals surface area (Å²) >= 11 is 2.88. The number of hydrogen-bond donors (Lipinski definition) is 1. The Kier molecular flexibility index (Phi) is 5.41. The third-order valence-electron chi connectivity index (χ3n) is 2.55. The van der Waals surface area contributed by atoms with Gasteiger partial charge in [0.1, 0.15) is 5.03 Å². The van der Waals surface area contributed by atoms with Crippen molar-refractivity contribution in [2.45, 2.75) is 16.1 Å². The van der Waals surface area contributed by atoms with E-state index in [4.69, 9.17) is 5.73 Å². The average Bonchev–Trinajstić information content (AvgIpc) is 2.45. The average molecular weight is 330 g/mol. The van der Waals surface area contributed by atoms with E-state index < -0.39 is 11.7 Å². The third kappa shape index (κ3) is 4.86. The molecule has 1 aromatic carbocycles. The molecule has 2 nitrogen and oxygen atoms in total. The fraction of sp³-hybridized carbons (Fsp3) is 0.214. The number of rotatable bonds is 5. The van der Waals surface area contributed by atoms with Gasteiger partial charge in [0.2, 0.25) is 0 Å². The molecule has 0 saturated carbocycles. The van der Waals surface area contributed by atoms with Crippen LogP contribution in [0.2, 0.25) is 0 Å². The van der Waals surface area contributed by atoms with Gasteiger partial charge in [-0.1, -0.05) is 6.07 Å². The van der Waals surface area contributed by atoms with Crippen LogP contribution < -0.4 is 5.73 Å². The zero-order valence-corrected chi connectivity index (χ0v) is 12.6. The van der Waals surface area contributed by atoms with Gasteiger partial charge in [-0.3, -0.25) is 0 Å².